The lowest BCUT2D eigenvalue weighted by Crippen LogP contribution is -2.60. The van der Waals surface area contributed by atoms with Crippen molar-refractivity contribution >= 4 is 27.9 Å². The zero-order valence-corrected chi connectivity index (χ0v) is 18.1. The number of rotatable bonds is 8. The Morgan fingerprint density at radius 2 is 1.48 bits per heavy atom. The molecule has 0 spiro atoms. The van der Waals surface area contributed by atoms with Gasteiger partial charge in [0.25, 0.3) is 0 Å². The summed E-state index contributed by atoms with van der Waals surface area (Å²) in [6.07, 6.45) is -6.50. The monoisotopic (exact) mass is 494 g/mol. The Labute approximate surface area is 187 Å². The fourth-order valence-corrected chi connectivity index (χ4v) is 3.23. The summed E-state index contributed by atoms with van der Waals surface area (Å²) in [5.41, 5.74) is 0.623. The third-order valence-corrected chi connectivity index (χ3v) is 4.97. The van der Waals surface area contributed by atoms with Crippen LogP contribution in [0.4, 0.5) is 0 Å². The van der Waals surface area contributed by atoms with Crippen LogP contribution in [0.5, 0.6) is 0 Å². The average molecular weight is 495 g/mol. The smallest absolute Gasteiger partial charge is 0.338 e. The summed E-state index contributed by atoms with van der Waals surface area (Å²) in [6, 6.07) is 16.6. The van der Waals surface area contributed by atoms with E-state index in [0.717, 1.165) is 0 Å². The van der Waals surface area contributed by atoms with E-state index < -0.39 is 42.6 Å². The van der Waals surface area contributed by atoms with Gasteiger partial charge >= 0.3 is 11.9 Å². The van der Waals surface area contributed by atoms with E-state index in [1.54, 1.807) is 60.7 Å². The second kappa shape index (κ2) is 11.4. The van der Waals surface area contributed by atoms with Crippen molar-refractivity contribution in [2.24, 2.45) is 0 Å². The highest BCUT2D eigenvalue weighted by atomic mass is 79.9. The van der Waals surface area contributed by atoms with Gasteiger partial charge in [-0.05, 0) is 24.3 Å². The first kappa shape index (κ1) is 23.4. The fourth-order valence-electron chi connectivity index (χ4n) is 3.04. The van der Waals surface area contributed by atoms with Crippen molar-refractivity contribution in [2.75, 3.05) is 18.5 Å². The van der Waals surface area contributed by atoms with Gasteiger partial charge in [-0.25, -0.2) is 9.59 Å². The van der Waals surface area contributed by atoms with Crippen LogP contribution < -0.4 is 0 Å². The second-order valence-electron chi connectivity index (χ2n) is 6.78. The highest BCUT2D eigenvalue weighted by Crippen LogP contribution is 2.26. The van der Waals surface area contributed by atoms with Crippen LogP contribution in [-0.4, -0.2) is 71.4 Å². The number of esters is 2. The fraction of sp³-hybridized carbons (Fsp3) is 0.364. The van der Waals surface area contributed by atoms with Crippen molar-refractivity contribution in [1.82, 2.24) is 0 Å². The van der Waals surface area contributed by atoms with Crippen molar-refractivity contribution in [3.63, 3.8) is 0 Å². The lowest BCUT2D eigenvalue weighted by Gasteiger charge is -2.41. The first-order valence-corrected chi connectivity index (χ1v) is 10.8. The van der Waals surface area contributed by atoms with Crippen molar-refractivity contribution in [1.29, 1.82) is 0 Å². The number of aliphatic hydroxyl groups excluding tert-OH is 2. The first-order valence-electron chi connectivity index (χ1n) is 9.68. The molecule has 0 bridgehead atoms. The van der Waals surface area contributed by atoms with Gasteiger partial charge in [-0.1, -0.05) is 52.3 Å². The van der Waals surface area contributed by atoms with Gasteiger partial charge in [0.15, 0.2) is 12.4 Å². The Morgan fingerprint density at radius 1 is 0.903 bits per heavy atom. The normalized spacial score (nSPS) is 25.6. The van der Waals surface area contributed by atoms with Crippen LogP contribution in [0.2, 0.25) is 0 Å². The molecule has 1 aliphatic rings. The van der Waals surface area contributed by atoms with E-state index >= 15 is 0 Å². The van der Waals surface area contributed by atoms with Gasteiger partial charge in [0.1, 0.15) is 24.9 Å². The second-order valence-corrected chi connectivity index (χ2v) is 7.58. The average Bonchev–Trinajstić information content (AvgIpc) is 2.81. The largest absolute Gasteiger partial charge is 0.459 e. The zero-order chi connectivity index (χ0) is 22.2. The molecule has 2 N–H and O–H groups in total. The Kier molecular flexibility index (Phi) is 8.56. The molecule has 1 fully saturated rings. The highest BCUT2D eigenvalue weighted by Gasteiger charge is 2.48. The topological polar surface area (TPSA) is 112 Å². The summed E-state index contributed by atoms with van der Waals surface area (Å²) in [6.45, 7) is -0.122. The molecule has 1 saturated heterocycles. The van der Waals surface area contributed by atoms with Gasteiger partial charge < -0.3 is 29.2 Å². The van der Waals surface area contributed by atoms with Crippen LogP contribution in [-0.2, 0) is 18.9 Å². The number of aliphatic hydroxyl groups is 2. The van der Waals surface area contributed by atoms with Crippen LogP contribution in [0.25, 0.3) is 0 Å². The van der Waals surface area contributed by atoms with Gasteiger partial charge in [-0.3, -0.25) is 0 Å². The molecule has 0 radical (unpaired) electrons. The number of benzene rings is 2. The van der Waals surface area contributed by atoms with Crippen LogP contribution in [0.15, 0.2) is 60.7 Å². The van der Waals surface area contributed by atoms with Gasteiger partial charge in [0, 0.05) is 5.33 Å². The standard InChI is InChI=1S/C22H23BrO8/c23-11-12-28-22-19(31-21(27)15-9-5-2-6-10-15)18(25)17(24)16(30-22)13-29-20(26)14-7-3-1-4-8-14/h1-10,16-19,22,24-25H,11-13H2/t16-,17-,18+,19+,22+/m1/s1. The summed E-state index contributed by atoms with van der Waals surface area (Å²) < 4.78 is 21.9. The van der Waals surface area contributed by atoms with E-state index in [9.17, 15) is 19.8 Å². The molecule has 0 amide bonds. The Morgan fingerprint density at radius 3 is 2.06 bits per heavy atom. The predicted molar refractivity (Wildman–Crippen MR) is 113 cm³/mol. The maximum atomic E-state index is 12.4. The molecule has 9 heteroatoms. The molecule has 166 valence electrons. The molecule has 0 saturated carbocycles. The molecular formula is C22H23BrO8. The number of carbonyl (C=O) groups excluding carboxylic acids is 2. The molecular weight excluding hydrogens is 472 g/mol. The van der Waals surface area contributed by atoms with Crippen LogP contribution in [0.1, 0.15) is 20.7 Å². The molecule has 2 aromatic rings. The Hall–Kier alpha value is -2.30. The van der Waals surface area contributed by atoms with E-state index in [-0.39, 0.29) is 18.8 Å². The lowest BCUT2D eigenvalue weighted by atomic mass is 9.99. The van der Waals surface area contributed by atoms with Gasteiger partial charge in [0.2, 0.25) is 0 Å². The summed E-state index contributed by atoms with van der Waals surface area (Å²) in [5, 5.41) is 21.6. The third kappa shape index (κ3) is 6.11. The number of ether oxygens (including phenoxy) is 4. The predicted octanol–water partition coefficient (Wildman–Crippen LogP) is 1.93. The maximum Gasteiger partial charge on any atom is 0.338 e. The van der Waals surface area contributed by atoms with Crippen molar-refractivity contribution < 1.29 is 38.7 Å². The quantitative estimate of drug-likeness (QED) is 0.422. The summed E-state index contributed by atoms with van der Waals surface area (Å²) in [4.78, 5) is 24.6. The number of hydrogen-bond acceptors (Lipinski definition) is 8. The summed E-state index contributed by atoms with van der Waals surface area (Å²) in [7, 11) is 0. The van der Waals surface area contributed by atoms with Crippen molar-refractivity contribution in [3.8, 4) is 0 Å². The highest BCUT2D eigenvalue weighted by molar-refractivity contribution is 9.09. The van der Waals surface area contributed by atoms with Gasteiger partial charge in [-0.2, -0.15) is 0 Å². The number of halogens is 1. The van der Waals surface area contributed by atoms with Crippen LogP contribution in [0.3, 0.4) is 0 Å². The zero-order valence-electron chi connectivity index (χ0n) is 16.5. The minimum Gasteiger partial charge on any atom is -0.459 e. The molecule has 5 atom stereocenters. The van der Waals surface area contributed by atoms with E-state index in [1.165, 1.54) is 0 Å². The number of carbonyl (C=O) groups is 2. The van der Waals surface area contributed by atoms with Gasteiger partial charge in [0.05, 0.1) is 17.7 Å². The van der Waals surface area contributed by atoms with E-state index in [0.29, 0.717) is 10.9 Å². The van der Waals surface area contributed by atoms with Crippen LogP contribution in [0, 0.1) is 0 Å². The molecule has 0 unspecified atom stereocenters. The first-order chi connectivity index (χ1) is 15.0. The molecule has 0 aromatic heterocycles. The molecule has 1 aliphatic heterocycles. The molecule has 31 heavy (non-hydrogen) atoms. The molecule has 2 aromatic carbocycles. The number of hydrogen-bond donors (Lipinski definition) is 2. The number of alkyl halides is 1. The summed E-state index contributed by atoms with van der Waals surface area (Å²) in [5.74, 6) is -1.29. The molecule has 3 rings (SSSR count). The minimum absolute atomic E-state index is 0.198. The summed E-state index contributed by atoms with van der Waals surface area (Å²) >= 11 is 3.23. The van der Waals surface area contributed by atoms with E-state index in [4.69, 9.17) is 18.9 Å². The Balaban J connectivity index is 1.67. The van der Waals surface area contributed by atoms with Crippen molar-refractivity contribution in [2.45, 2.75) is 30.7 Å². The van der Waals surface area contributed by atoms with Gasteiger partial charge in [-0.15, -0.1) is 0 Å². The van der Waals surface area contributed by atoms with E-state index in [2.05, 4.69) is 15.9 Å². The minimum atomic E-state index is -1.51. The van der Waals surface area contributed by atoms with Crippen molar-refractivity contribution in [3.05, 3.63) is 71.8 Å². The molecule has 0 aliphatic carbocycles. The molecule has 8 nitrogen and oxygen atoms in total. The van der Waals surface area contributed by atoms with Crippen LogP contribution >= 0.6 is 15.9 Å². The molecule has 1 heterocycles. The Bertz CT molecular complexity index is 845. The SMILES string of the molecule is O=C(OC[C@H]1O[C@H](OCCBr)[C@@H](OC(=O)c2ccccc2)[C@@H](O)[C@@H]1O)c1ccccc1. The maximum absolute atomic E-state index is 12.4. The third-order valence-electron chi connectivity index (χ3n) is 4.64. The lowest BCUT2D eigenvalue weighted by molar-refractivity contribution is -0.298. The van der Waals surface area contributed by atoms with E-state index in [1.807, 2.05) is 0 Å².